The Morgan fingerprint density at radius 3 is 2.87 bits per heavy atom. The Kier molecular flexibility index (Phi) is 4.20. The standard InChI is InChI=1S/C16H16N2O4S/c1-10-13(15(19)21-2)14(12-6-4-8-23-12)17-16(20)18(10)9-11-5-3-7-22-11/h3-8,14H,9H2,1-2H3,(H,17,20)/t14-/m0/s1. The zero-order valence-electron chi connectivity index (χ0n) is 12.7. The Hall–Kier alpha value is -2.54. The fourth-order valence-corrected chi connectivity index (χ4v) is 3.36. The zero-order chi connectivity index (χ0) is 16.4. The molecule has 2 amide bonds. The summed E-state index contributed by atoms with van der Waals surface area (Å²) in [7, 11) is 1.33. The first kappa shape index (κ1) is 15.4. The maximum atomic E-state index is 12.5. The van der Waals surface area contributed by atoms with Crippen molar-refractivity contribution in [2.45, 2.75) is 19.5 Å². The number of furan rings is 1. The lowest BCUT2D eigenvalue weighted by Gasteiger charge is -2.34. The quantitative estimate of drug-likeness (QED) is 0.874. The summed E-state index contributed by atoms with van der Waals surface area (Å²) in [4.78, 5) is 27.1. The van der Waals surface area contributed by atoms with Crippen LogP contribution in [0.2, 0.25) is 0 Å². The number of carbonyl (C=O) groups excluding carboxylic acids is 2. The van der Waals surface area contributed by atoms with Gasteiger partial charge in [-0.25, -0.2) is 9.59 Å². The van der Waals surface area contributed by atoms with Gasteiger partial charge in [-0.15, -0.1) is 11.3 Å². The largest absolute Gasteiger partial charge is 0.467 e. The number of nitrogens with one attached hydrogen (secondary N) is 1. The molecule has 2 aromatic heterocycles. The average Bonchev–Trinajstić information content (AvgIpc) is 3.23. The normalized spacial score (nSPS) is 18.1. The Bertz CT molecular complexity index is 734. The van der Waals surface area contributed by atoms with Crippen LogP contribution in [0.3, 0.4) is 0 Å². The van der Waals surface area contributed by atoms with Crippen molar-refractivity contribution < 1.29 is 18.7 Å². The minimum Gasteiger partial charge on any atom is -0.467 e. The number of rotatable bonds is 4. The number of thiophene rings is 1. The van der Waals surface area contributed by atoms with Gasteiger partial charge in [0.2, 0.25) is 0 Å². The molecule has 0 radical (unpaired) electrons. The molecule has 0 spiro atoms. The molecule has 2 aromatic rings. The number of ether oxygens (including phenoxy) is 1. The summed E-state index contributed by atoms with van der Waals surface area (Å²) in [6.45, 7) is 2.00. The highest BCUT2D eigenvalue weighted by atomic mass is 32.1. The molecule has 0 aromatic carbocycles. The maximum absolute atomic E-state index is 12.5. The Morgan fingerprint density at radius 1 is 1.43 bits per heavy atom. The molecule has 0 fully saturated rings. The molecule has 1 atom stereocenters. The summed E-state index contributed by atoms with van der Waals surface area (Å²) in [6.07, 6.45) is 1.55. The summed E-state index contributed by atoms with van der Waals surface area (Å²) in [6, 6.07) is 6.53. The second kappa shape index (κ2) is 6.29. The van der Waals surface area contributed by atoms with E-state index in [4.69, 9.17) is 9.15 Å². The van der Waals surface area contributed by atoms with Gasteiger partial charge >= 0.3 is 12.0 Å². The van der Waals surface area contributed by atoms with Crippen molar-refractivity contribution in [2.24, 2.45) is 0 Å². The van der Waals surface area contributed by atoms with E-state index < -0.39 is 12.0 Å². The highest BCUT2D eigenvalue weighted by molar-refractivity contribution is 7.10. The topological polar surface area (TPSA) is 71.8 Å². The van der Waals surface area contributed by atoms with Crippen LogP contribution in [0.15, 0.2) is 51.6 Å². The minimum absolute atomic E-state index is 0.252. The molecule has 0 aliphatic carbocycles. The average molecular weight is 332 g/mol. The van der Waals surface area contributed by atoms with Crippen LogP contribution in [0.1, 0.15) is 23.6 Å². The minimum atomic E-state index is -0.497. The summed E-state index contributed by atoms with van der Waals surface area (Å²) < 4.78 is 10.2. The van der Waals surface area contributed by atoms with E-state index in [1.807, 2.05) is 17.5 Å². The van der Waals surface area contributed by atoms with Crippen LogP contribution in [-0.2, 0) is 16.1 Å². The number of methoxy groups -OCH3 is 1. The molecule has 1 aliphatic heterocycles. The predicted molar refractivity (Wildman–Crippen MR) is 84.6 cm³/mol. The van der Waals surface area contributed by atoms with E-state index in [0.29, 0.717) is 17.0 Å². The van der Waals surface area contributed by atoms with E-state index in [2.05, 4.69) is 5.32 Å². The number of carbonyl (C=O) groups is 2. The number of nitrogens with zero attached hydrogens (tertiary/aromatic N) is 1. The van der Waals surface area contributed by atoms with Crippen molar-refractivity contribution in [3.63, 3.8) is 0 Å². The number of hydrogen-bond acceptors (Lipinski definition) is 5. The third-order valence-electron chi connectivity index (χ3n) is 3.72. The Labute approximate surface area is 137 Å². The van der Waals surface area contributed by atoms with Crippen LogP contribution in [0, 0.1) is 0 Å². The van der Waals surface area contributed by atoms with Gasteiger partial charge in [0.25, 0.3) is 0 Å². The smallest absolute Gasteiger partial charge is 0.338 e. The Balaban J connectivity index is 2.01. The molecule has 120 valence electrons. The molecule has 3 heterocycles. The van der Waals surface area contributed by atoms with Crippen molar-refractivity contribution in [3.8, 4) is 0 Å². The highest BCUT2D eigenvalue weighted by Gasteiger charge is 2.36. The number of urea groups is 1. The molecule has 1 N–H and O–H groups in total. The molecule has 23 heavy (non-hydrogen) atoms. The summed E-state index contributed by atoms with van der Waals surface area (Å²) >= 11 is 1.48. The van der Waals surface area contributed by atoms with Crippen molar-refractivity contribution in [2.75, 3.05) is 7.11 Å². The molecule has 3 rings (SSSR count). The second-order valence-electron chi connectivity index (χ2n) is 5.05. The van der Waals surface area contributed by atoms with Gasteiger partial charge in [-0.2, -0.15) is 0 Å². The van der Waals surface area contributed by atoms with Gasteiger partial charge in [0.1, 0.15) is 5.76 Å². The summed E-state index contributed by atoms with van der Waals surface area (Å²) in [5, 5.41) is 4.78. The van der Waals surface area contributed by atoms with Crippen molar-refractivity contribution in [1.82, 2.24) is 10.2 Å². The fourth-order valence-electron chi connectivity index (χ4n) is 2.57. The third-order valence-corrected chi connectivity index (χ3v) is 4.66. The van der Waals surface area contributed by atoms with Crippen LogP contribution in [-0.4, -0.2) is 24.0 Å². The van der Waals surface area contributed by atoms with Crippen molar-refractivity contribution >= 4 is 23.3 Å². The van der Waals surface area contributed by atoms with E-state index in [1.54, 1.807) is 25.3 Å². The van der Waals surface area contributed by atoms with E-state index >= 15 is 0 Å². The molecule has 7 heteroatoms. The second-order valence-corrected chi connectivity index (χ2v) is 6.03. The van der Waals surface area contributed by atoms with Crippen LogP contribution < -0.4 is 5.32 Å². The molecular formula is C16H16N2O4S. The molecule has 0 saturated carbocycles. The van der Waals surface area contributed by atoms with Crippen LogP contribution >= 0.6 is 11.3 Å². The van der Waals surface area contributed by atoms with Gasteiger partial charge in [-0.3, -0.25) is 4.90 Å². The number of hydrogen-bond donors (Lipinski definition) is 1. The predicted octanol–water partition coefficient (Wildman–Crippen LogP) is 3.05. The van der Waals surface area contributed by atoms with Gasteiger partial charge in [-0.1, -0.05) is 6.07 Å². The monoisotopic (exact) mass is 332 g/mol. The molecule has 6 nitrogen and oxygen atoms in total. The number of allylic oxidation sites excluding steroid dienone is 1. The Morgan fingerprint density at radius 2 is 2.26 bits per heavy atom. The number of amides is 2. The lowest BCUT2D eigenvalue weighted by Crippen LogP contribution is -2.47. The first-order chi connectivity index (χ1) is 11.1. The number of esters is 1. The fraction of sp³-hybridized carbons (Fsp3) is 0.250. The van der Waals surface area contributed by atoms with Crippen LogP contribution in [0.25, 0.3) is 0 Å². The lowest BCUT2D eigenvalue weighted by molar-refractivity contribution is -0.136. The highest BCUT2D eigenvalue weighted by Crippen LogP contribution is 2.34. The summed E-state index contributed by atoms with van der Waals surface area (Å²) in [5.41, 5.74) is 0.997. The van der Waals surface area contributed by atoms with Crippen molar-refractivity contribution in [1.29, 1.82) is 0 Å². The maximum Gasteiger partial charge on any atom is 0.338 e. The molecular weight excluding hydrogens is 316 g/mol. The van der Waals surface area contributed by atoms with Crippen LogP contribution in [0.5, 0.6) is 0 Å². The zero-order valence-corrected chi connectivity index (χ0v) is 13.6. The third kappa shape index (κ3) is 2.87. The van der Waals surface area contributed by atoms with E-state index in [-0.39, 0.29) is 12.6 Å². The molecule has 0 bridgehead atoms. The van der Waals surface area contributed by atoms with E-state index in [0.717, 1.165) is 4.88 Å². The van der Waals surface area contributed by atoms with Gasteiger partial charge in [0, 0.05) is 10.6 Å². The van der Waals surface area contributed by atoms with Gasteiger partial charge in [0.15, 0.2) is 0 Å². The lowest BCUT2D eigenvalue weighted by atomic mass is 10.0. The van der Waals surface area contributed by atoms with E-state index in [1.165, 1.54) is 23.3 Å². The SMILES string of the molecule is COC(=O)C1=C(C)N(Cc2ccco2)C(=O)N[C@H]1c1cccs1. The van der Waals surface area contributed by atoms with Crippen molar-refractivity contribution in [3.05, 3.63) is 57.8 Å². The first-order valence-electron chi connectivity index (χ1n) is 7.04. The molecule has 1 aliphatic rings. The van der Waals surface area contributed by atoms with Gasteiger partial charge in [-0.05, 0) is 30.5 Å². The molecule has 0 unspecified atom stereocenters. The van der Waals surface area contributed by atoms with Crippen LogP contribution in [0.4, 0.5) is 4.79 Å². The molecule has 0 saturated heterocycles. The van der Waals surface area contributed by atoms with Gasteiger partial charge in [0.05, 0.1) is 31.5 Å². The van der Waals surface area contributed by atoms with E-state index in [9.17, 15) is 9.59 Å². The van der Waals surface area contributed by atoms with Gasteiger partial charge < -0.3 is 14.5 Å². The summed E-state index contributed by atoms with van der Waals surface area (Å²) in [5.74, 6) is 0.184. The first-order valence-corrected chi connectivity index (χ1v) is 7.92.